The van der Waals surface area contributed by atoms with E-state index in [0.29, 0.717) is 18.7 Å². The molecule has 0 heterocycles. The van der Waals surface area contributed by atoms with Crippen molar-refractivity contribution in [1.82, 2.24) is 10.2 Å². The average Bonchev–Trinajstić information content (AvgIpc) is 2.77. The van der Waals surface area contributed by atoms with E-state index in [2.05, 4.69) is 5.32 Å². The quantitative estimate of drug-likeness (QED) is 0.517. The minimum atomic E-state index is -3.82. The first-order chi connectivity index (χ1) is 15.6. The Morgan fingerprint density at radius 1 is 1.15 bits per heavy atom. The number of nitrogens with zero attached hydrogens (tertiary/aromatic N) is 2. The lowest BCUT2D eigenvalue weighted by molar-refractivity contribution is -0.138. The molecule has 0 saturated carbocycles. The van der Waals surface area contributed by atoms with Crippen LogP contribution in [0.2, 0.25) is 5.02 Å². The Morgan fingerprint density at radius 2 is 1.82 bits per heavy atom. The Hall–Kier alpha value is -2.78. The zero-order chi connectivity index (χ0) is 24.6. The zero-order valence-electron chi connectivity index (χ0n) is 19.2. The van der Waals surface area contributed by atoms with Gasteiger partial charge in [-0.25, -0.2) is 8.42 Å². The molecule has 1 N–H and O–H groups in total. The maximum absolute atomic E-state index is 13.3. The van der Waals surface area contributed by atoms with Crippen LogP contribution in [0.5, 0.6) is 5.75 Å². The number of hydrogen-bond donors (Lipinski definition) is 1. The first-order valence-corrected chi connectivity index (χ1v) is 12.7. The third kappa shape index (κ3) is 7.36. The lowest BCUT2D eigenvalue weighted by Gasteiger charge is -2.31. The molecule has 33 heavy (non-hydrogen) atoms. The number of benzene rings is 2. The summed E-state index contributed by atoms with van der Waals surface area (Å²) in [7, 11) is -2.37. The molecule has 2 aromatic carbocycles. The number of carbonyl (C=O) groups is 2. The molecule has 0 aliphatic carbocycles. The van der Waals surface area contributed by atoms with Crippen LogP contribution in [0, 0.1) is 0 Å². The predicted molar refractivity (Wildman–Crippen MR) is 130 cm³/mol. The Kier molecular flexibility index (Phi) is 9.55. The summed E-state index contributed by atoms with van der Waals surface area (Å²) in [6.07, 6.45) is 1.53. The smallest absolute Gasteiger partial charge is 0.244 e. The topological polar surface area (TPSA) is 96.0 Å². The summed E-state index contributed by atoms with van der Waals surface area (Å²) in [5.74, 6) is -0.422. The Morgan fingerprint density at radius 3 is 2.36 bits per heavy atom. The maximum atomic E-state index is 13.3. The molecule has 1 atom stereocenters. The van der Waals surface area contributed by atoms with Crippen LogP contribution in [0.25, 0.3) is 0 Å². The molecule has 0 fully saturated rings. The number of anilines is 1. The second-order valence-electron chi connectivity index (χ2n) is 7.48. The van der Waals surface area contributed by atoms with Gasteiger partial charge in [0.1, 0.15) is 18.3 Å². The monoisotopic (exact) mass is 495 g/mol. The van der Waals surface area contributed by atoms with Gasteiger partial charge < -0.3 is 15.0 Å². The molecule has 0 spiro atoms. The van der Waals surface area contributed by atoms with Gasteiger partial charge in [-0.3, -0.25) is 13.9 Å². The summed E-state index contributed by atoms with van der Waals surface area (Å²) >= 11 is 6.17. The molecule has 0 aliphatic heterocycles. The first-order valence-electron chi connectivity index (χ1n) is 10.5. The molecule has 10 heteroatoms. The van der Waals surface area contributed by atoms with Crippen LogP contribution < -0.4 is 14.4 Å². The fourth-order valence-electron chi connectivity index (χ4n) is 3.32. The number of halogens is 1. The van der Waals surface area contributed by atoms with Gasteiger partial charge in [0.25, 0.3) is 0 Å². The number of amides is 2. The predicted octanol–water partition coefficient (Wildman–Crippen LogP) is 2.71. The van der Waals surface area contributed by atoms with Crippen molar-refractivity contribution in [1.29, 1.82) is 0 Å². The highest BCUT2D eigenvalue weighted by Gasteiger charge is 2.29. The summed E-state index contributed by atoms with van der Waals surface area (Å²) in [5, 5.41) is 2.93. The Balaban J connectivity index is 2.32. The number of rotatable bonds is 11. The summed E-state index contributed by atoms with van der Waals surface area (Å²) in [5.41, 5.74) is 1.23. The molecule has 0 unspecified atom stereocenters. The van der Waals surface area contributed by atoms with Gasteiger partial charge in [-0.2, -0.15) is 0 Å². The Labute approximate surface area is 200 Å². The molecule has 2 amide bonds. The molecule has 0 aliphatic rings. The van der Waals surface area contributed by atoms with E-state index in [4.69, 9.17) is 16.3 Å². The normalized spacial score (nSPS) is 12.0. The standard InChI is InChI=1S/C23H30ClN3O5S/c1-5-25-23(29)17(2)26(14-13-18-9-7-6-8-10-18)22(28)16-27(33(4,30)31)19-11-12-21(32-3)20(24)15-19/h6-12,15,17H,5,13-14,16H2,1-4H3,(H,25,29)/t17-/m0/s1. The summed E-state index contributed by atoms with van der Waals surface area (Å²) < 4.78 is 31.2. The van der Waals surface area contributed by atoms with E-state index in [1.54, 1.807) is 13.8 Å². The largest absolute Gasteiger partial charge is 0.495 e. The maximum Gasteiger partial charge on any atom is 0.244 e. The number of nitrogens with one attached hydrogen (secondary N) is 1. The van der Waals surface area contributed by atoms with Gasteiger partial charge in [0, 0.05) is 13.1 Å². The van der Waals surface area contributed by atoms with E-state index in [-0.39, 0.29) is 23.2 Å². The van der Waals surface area contributed by atoms with E-state index < -0.39 is 28.5 Å². The number of methoxy groups -OCH3 is 1. The van der Waals surface area contributed by atoms with Gasteiger partial charge in [-0.1, -0.05) is 41.9 Å². The van der Waals surface area contributed by atoms with Crippen molar-refractivity contribution in [3.63, 3.8) is 0 Å². The summed E-state index contributed by atoms with van der Waals surface area (Å²) in [4.78, 5) is 27.2. The average molecular weight is 496 g/mol. The molecule has 2 rings (SSSR count). The molecule has 0 bridgehead atoms. The highest BCUT2D eigenvalue weighted by atomic mass is 35.5. The van der Waals surface area contributed by atoms with Gasteiger partial charge in [0.15, 0.2) is 0 Å². The van der Waals surface area contributed by atoms with Crippen molar-refractivity contribution in [2.75, 3.05) is 37.3 Å². The molecule has 0 aromatic heterocycles. The second-order valence-corrected chi connectivity index (χ2v) is 9.80. The highest BCUT2D eigenvalue weighted by Crippen LogP contribution is 2.30. The number of likely N-dealkylation sites (N-methyl/N-ethyl adjacent to an activating group) is 1. The van der Waals surface area contributed by atoms with Gasteiger partial charge in [0.05, 0.1) is 24.1 Å². The Bertz CT molecular complexity index is 1060. The van der Waals surface area contributed by atoms with Crippen molar-refractivity contribution in [2.24, 2.45) is 0 Å². The van der Waals surface area contributed by atoms with Gasteiger partial charge >= 0.3 is 0 Å². The van der Waals surface area contributed by atoms with Crippen molar-refractivity contribution < 1.29 is 22.7 Å². The number of carbonyl (C=O) groups excluding carboxylic acids is 2. The van der Waals surface area contributed by atoms with E-state index in [9.17, 15) is 18.0 Å². The van der Waals surface area contributed by atoms with E-state index in [0.717, 1.165) is 16.1 Å². The van der Waals surface area contributed by atoms with E-state index >= 15 is 0 Å². The fraction of sp³-hybridized carbons (Fsp3) is 0.391. The van der Waals surface area contributed by atoms with Crippen molar-refractivity contribution >= 4 is 39.1 Å². The van der Waals surface area contributed by atoms with Crippen LogP contribution in [-0.4, -0.2) is 64.2 Å². The molecule has 0 saturated heterocycles. The lowest BCUT2D eigenvalue weighted by Crippen LogP contribution is -2.52. The highest BCUT2D eigenvalue weighted by molar-refractivity contribution is 7.92. The molecular formula is C23H30ClN3O5S. The summed E-state index contributed by atoms with van der Waals surface area (Å²) in [6, 6.07) is 13.3. The van der Waals surface area contributed by atoms with Crippen LogP contribution in [0.4, 0.5) is 5.69 Å². The van der Waals surface area contributed by atoms with Crippen LogP contribution in [0.15, 0.2) is 48.5 Å². The zero-order valence-corrected chi connectivity index (χ0v) is 20.8. The SMILES string of the molecule is CCNC(=O)[C@H](C)N(CCc1ccccc1)C(=O)CN(c1ccc(OC)c(Cl)c1)S(C)(=O)=O. The second kappa shape index (κ2) is 11.9. The third-order valence-electron chi connectivity index (χ3n) is 5.11. The van der Waals surface area contributed by atoms with Crippen LogP contribution >= 0.6 is 11.6 Å². The molecule has 0 radical (unpaired) electrons. The van der Waals surface area contributed by atoms with Gasteiger partial charge in [-0.05, 0) is 44.0 Å². The van der Waals surface area contributed by atoms with Crippen LogP contribution in [0.3, 0.4) is 0 Å². The molecule has 180 valence electrons. The molecule has 8 nitrogen and oxygen atoms in total. The summed E-state index contributed by atoms with van der Waals surface area (Å²) in [6.45, 7) is 3.62. The van der Waals surface area contributed by atoms with Gasteiger partial charge in [-0.15, -0.1) is 0 Å². The van der Waals surface area contributed by atoms with Crippen molar-refractivity contribution in [3.8, 4) is 5.75 Å². The van der Waals surface area contributed by atoms with E-state index in [1.807, 2.05) is 30.3 Å². The van der Waals surface area contributed by atoms with Crippen LogP contribution in [-0.2, 0) is 26.0 Å². The van der Waals surface area contributed by atoms with Crippen molar-refractivity contribution in [2.45, 2.75) is 26.3 Å². The van der Waals surface area contributed by atoms with Crippen LogP contribution in [0.1, 0.15) is 19.4 Å². The first kappa shape index (κ1) is 26.5. The minimum Gasteiger partial charge on any atom is -0.495 e. The number of hydrogen-bond acceptors (Lipinski definition) is 5. The third-order valence-corrected chi connectivity index (χ3v) is 6.54. The molecular weight excluding hydrogens is 466 g/mol. The lowest BCUT2D eigenvalue weighted by atomic mass is 10.1. The van der Waals surface area contributed by atoms with Crippen molar-refractivity contribution in [3.05, 3.63) is 59.1 Å². The van der Waals surface area contributed by atoms with Gasteiger partial charge in [0.2, 0.25) is 21.8 Å². The number of ether oxygens (including phenoxy) is 1. The molecule has 2 aromatic rings. The van der Waals surface area contributed by atoms with E-state index in [1.165, 1.54) is 30.2 Å². The number of sulfonamides is 1. The fourth-order valence-corrected chi connectivity index (χ4v) is 4.41. The minimum absolute atomic E-state index is 0.215.